The van der Waals surface area contributed by atoms with E-state index in [4.69, 9.17) is 15.4 Å². The van der Waals surface area contributed by atoms with Crippen LogP contribution in [0.5, 0.6) is 0 Å². The van der Waals surface area contributed by atoms with Gasteiger partial charge in [0.05, 0.1) is 18.0 Å². The van der Waals surface area contributed by atoms with Gasteiger partial charge in [0.2, 0.25) is 0 Å². The predicted molar refractivity (Wildman–Crippen MR) is 244 cm³/mol. The SMILES string of the molecule is C=N/C(C1=C(C)CCC=C1)=C(\C(=NCc1cc(-c2cc3ccccc3c3ccccc23)cc(C(C=N)c2ccccc2NC)c1)c1ccccc1)C(C)C.CC. The number of fused-ring (bicyclic) bond motifs is 3. The van der Waals surface area contributed by atoms with Crippen LogP contribution in [0.15, 0.2) is 172 Å². The van der Waals surface area contributed by atoms with Crippen LogP contribution in [0, 0.1) is 11.3 Å². The lowest BCUT2D eigenvalue weighted by atomic mass is 9.86. The Bertz CT molecular complexity index is 2480. The van der Waals surface area contributed by atoms with E-state index in [0.29, 0.717) is 6.54 Å². The van der Waals surface area contributed by atoms with Gasteiger partial charge in [-0.15, -0.1) is 0 Å². The van der Waals surface area contributed by atoms with Crippen LogP contribution in [0.4, 0.5) is 5.69 Å². The Balaban J connectivity index is 0.00000262. The monoisotopic (exact) mass is 734 g/mol. The van der Waals surface area contributed by atoms with E-state index >= 15 is 0 Å². The standard InChI is InChI=1S/C50H48N4.C2H6/c1-33(2)48(50(53-5)40-21-11-9-17-34(40)3)49(36-18-7-6-8-19-36)54-32-35-27-38(29-39(28-35)46(31-51)44-25-15-16-26-47(44)52-4)45-30-37-20-10-12-22-41(37)42-23-13-14-24-43(42)45;1-2/h6-8,10-16,18-31,33,46,51-52H,5,9,17,32H2,1-4H3;1-2H3/b50-48-,51-31?,54-49?;. The zero-order valence-corrected chi connectivity index (χ0v) is 33.7. The summed E-state index contributed by atoms with van der Waals surface area (Å²) in [5.74, 6) is -0.112. The molecule has 6 aromatic rings. The van der Waals surface area contributed by atoms with Gasteiger partial charge in [-0.1, -0.05) is 155 Å². The number of nitrogens with zero attached hydrogens (tertiary/aromatic N) is 2. The minimum absolute atomic E-state index is 0.145. The largest absolute Gasteiger partial charge is 0.388 e. The van der Waals surface area contributed by atoms with E-state index in [0.717, 1.165) is 74.5 Å². The molecule has 0 heterocycles. The Labute approximate surface area is 333 Å². The van der Waals surface area contributed by atoms with Crippen LogP contribution in [0.1, 0.15) is 75.6 Å². The Kier molecular flexibility index (Phi) is 13.0. The third kappa shape index (κ3) is 8.25. The lowest BCUT2D eigenvalue weighted by Crippen LogP contribution is -2.15. The summed E-state index contributed by atoms with van der Waals surface area (Å²) in [4.78, 5) is 10.2. The van der Waals surface area contributed by atoms with Crippen molar-refractivity contribution in [3.8, 4) is 11.1 Å². The van der Waals surface area contributed by atoms with Gasteiger partial charge in [-0.05, 0) is 106 Å². The number of allylic oxidation sites excluding steroid dienone is 4. The molecule has 1 aliphatic rings. The number of nitrogens with one attached hydrogen (secondary N) is 2. The van der Waals surface area contributed by atoms with Gasteiger partial charge in [-0.2, -0.15) is 0 Å². The average molecular weight is 735 g/mol. The summed E-state index contributed by atoms with van der Waals surface area (Å²) in [7, 11) is 1.94. The first-order chi connectivity index (χ1) is 27.4. The maximum Gasteiger partial charge on any atom is 0.0750 e. The fourth-order valence-electron chi connectivity index (χ4n) is 7.93. The van der Waals surface area contributed by atoms with Crippen LogP contribution in [0.2, 0.25) is 0 Å². The molecule has 56 heavy (non-hydrogen) atoms. The molecule has 4 heteroatoms. The van der Waals surface area contributed by atoms with Crippen LogP contribution in [-0.2, 0) is 6.54 Å². The van der Waals surface area contributed by atoms with Crippen LogP contribution >= 0.6 is 0 Å². The predicted octanol–water partition coefficient (Wildman–Crippen LogP) is 13.8. The van der Waals surface area contributed by atoms with Crippen LogP contribution in [0.25, 0.3) is 32.7 Å². The minimum Gasteiger partial charge on any atom is -0.388 e. The molecule has 0 radical (unpaired) electrons. The first-order valence-electron chi connectivity index (χ1n) is 19.9. The molecule has 0 bridgehead atoms. The molecule has 0 fully saturated rings. The number of hydrogen-bond acceptors (Lipinski definition) is 4. The van der Waals surface area contributed by atoms with Gasteiger partial charge < -0.3 is 10.7 Å². The van der Waals surface area contributed by atoms with Crippen LogP contribution < -0.4 is 5.32 Å². The molecule has 282 valence electrons. The van der Waals surface area contributed by atoms with Gasteiger partial charge in [0.1, 0.15) is 0 Å². The Morgan fingerprint density at radius 3 is 2.20 bits per heavy atom. The number of rotatable bonds is 12. The van der Waals surface area contributed by atoms with Crippen LogP contribution in [-0.4, -0.2) is 25.7 Å². The number of aliphatic imine (C=N–C) groups is 2. The van der Waals surface area contributed by atoms with Crippen molar-refractivity contribution >= 4 is 45.9 Å². The molecule has 0 saturated heterocycles. The Morgan fingerprint density at radius 1 is 0.821 bits per heavy atom. The molecule has 1 atom stereocenters. The minimum atomic E-state index is -0.257. The van der Waals surface area contributed by atoms with Crippen molar-refractivity contribution in [2.45, 2.75) is 59.9 Å². The van der Waals surface area contributed by atoms with E-state index in [-0.39, 0.29) is 11.8 Å². The second-order valence-corrected chi connectivity index (χ2v) is 14.4. The molecular weight excluding hydrogens is 681 g/mol. The van der Waals surface area contributed by atoms with Gasteiger partial charge in [0.15, 0.2) is 0 Å². The third-order valence-electron chi connectivity index (χ3n) is 10.6. The zero-order valence-electron chi connectivity index (χ0n) is 33.7. The van der Waals surface area contributed by atoms with Crippen molar-refractivity contribution in [2.75, 3.05) is 12.4 Å². The van der Waals surface area contributed by atoms with Crippen molar-refractivity contribution in [3.05, 3.63) is 184 Å². The summed E-state index contributed by atoms with van der Waals surface area (Å²) in [5, 5.41) is 17.0. The second kappa shape index (κ2) is 18.5. The summed E-state index contributed by atoms with van der Waals surface area (Å²) in [6.45, 7) is 15.2. The van der Waals surface area contributed by atoms with Gasteiger partial charge in [0, 0.05) is 36.0 Å². The average Bonchev–Trinajstić information content (AvgIpc) is 3.25. The number of benzene rings is 6. The maximum atomic E-state index is 8.75. The molecule has 1 aliphatic carbocycles. The highest BCUT2D eigenvalue weighted by Crippen LogP contribution is 2.39. The third-order valence-corrected chi connectivity index (χ3v) is 10.6. The van der Waals surface area contributed by atoms with Crippen molar-refractivity contribution < 1.29 is 0 Å². The molecule has 4 nitrogen and oxygen atoms in total. The van der Waals surface area contributed by atoms with Gasteiger partial charge >= 0.3 is 0 Å². The van der Waals surface area contributed by atoms with E-state index in [1.807, 2.05) is 39.1 Å². The first-order valence-corrected chi connectivity index (χ1v) is 19.9. The van der Waals surface area contributed by atoms with E-state index in [2.05, 4.69) is 154 Å². The summed E-state index contributed by atoms with van der Waals surface area (Å²) in [6.07, 6.45) is 8.05. The molecule has 6 aromatic carbocycles. The van der Waals surface area contributed by atoms with E-state index < -0.39 is 0 Å². The maximum absolute atomic E-state index is 8.75. The van der Waals surface area contributed by atoms with E-state index in [9.17, 15) is 0 Å². The lowest BCUT2D eigenvalue weighted by Gasteiger charge is -2.22. The van der Waals surface area contributed by atoms with E-state index in [1.54, 1.807) is 6.21 Å². The van der Waals surface area contributed by atoms with Crippen molar-refractivity contribution in [3.63, 3.8) is 0 Å². The smallest absolute Gasteiger partial charge is 0.0750 e. The van der Waals surface area contributed by atoms with Crippen LogP contribution in [0.3, 0.4) is 0 Å². The second-order valence-electron chi connectivity index (χ2n) is 14.4. The summed E-state index contributed by atoms with van der Waals surface area (Å²) in [5.41, 5.74) is 12.9. The summed E-state index contributed by atoms with van der Waals surface area (Å²) < 4.78 is 0. The normalized spacial score (nSPS) is 13.9. The molecule has 0 aromatic heterocycles. The molecule has 7 rings (SSSR count). The number of anilines is 1. The zero-order chi connectivity index (χ0) is 39.6. The molecule has 2 N–H and O–H groups in total. The van der Waals surface area contributed by atoms with Crippen molar-refractivity contribution in [1.29, 1.82) is 5.41 Å². The highest BCUT2D eigenvalue weighted by atomic mass is 14.8. The molecule has 1 unspecified atom stereocenters. The van der Waals surface area contributed by atoms with Crippen molar-refractivity contribution in [1.82, 2.24) is 0 Å². The Morgan fingerprint density at radius 2 is 1.50 bits per heavy atom. The molecule has 0 amide bonds. The number of para-hydroxylation sites is 1. The van der Waals surface area contributed by atoms with Gasteiger partial charge in [-0.25, -0.2) is 0 Å². The molecule has 0 spiro atoms. The highest BCUT2D eigenvalue weighted by molar-refractivity contribution is 6.15. The lowest BCUT2D eigenvalue weighted by molar-refractivity contribution is 0.787. The topological polar surface area (TPSA) is 60.6 Å². The summed E-state index contributed by atoms with van der Waals surface area (Å²) in [6, 6.07) is 45.2. The Hall–Kier alpha value is -6.13. The quantitative estimate of drug-likeness (QED) is 0.0954. The number of hydrogen-bond donors (Lipinski definition) is 2. The first kappa shape index (κ1) is 39.6. The van der Waals surface area contributed by atoms with Gasteiger partial charge in [-0.3, -0.25) is 9.98 Å². The fourth-order valence-corrected chi connectivity index (χ4v) is 7.93. The fraction of sp³-hybridized carbons (Fsp3) is 0.212. The molecule has 0 aliphatic heterocycles. The van der Waals surface area contributed by atoms with Crippen molar-refractivity contribution in [2.24, 2.45) is 15.9 Å². The summed E-state index contributed by atoms with van der Waals surface area (Å²) >= 11 is 0. The highest BCUT2D eigenvalue weighted by Gasteiger charge is 2.23. The molecule has 0 saturated carbocycles. The van der Waals surface area contributed by atoms with E-state index in [1.165, 1.54) is 27.1 Å². The molecular formula is C52H54N4. The van der Waals surface area contributed by atoms with Gasteiger partial charge in [0.25, 0.3) is 0 Å².